The largest absolute Gasteiger partial charge is 0.482 e. The van der Waals surface area contributed by atoms with Crippen LogP contribution in [0.5, 0.6) is 5.75 Å². The molecular weight excluding hydrogens is 435 g/mol. The lowest BCUT2D eigenvalue weighted by molar-refractivity contribution is -0.139. The summed E-state index contributed by atoms with van der Waals surface area (Å²) in [6, 6.07) is 13.2. The average Bonchev–Trinajstić information content (AvgIpc) is 2.73. The normalized spacial score (nSPS) is 23.4. The smallest absolute Gasteiger partial charge is 0.341 e. The zero-order chi connectivity index (χ0) is 22.5. The van der Waals surface area contributed by atoms with Gasteiger partial charge >= 0.3 is 5.97 Å². The van der Waals surface area contributed by atoms with Gasteiger partial charge in [-0.05, 0) is 55.7 Å². The number of carboxylic acid groups (broad SMARTS) is 1. The Balaban J connectivity index is 1.99. The van der Waals surface area contributed by atoms with E-state index in [0.717, 1.165) is 30.4 Å². The van der Waals surface area contributed by atoms with Crippen LogP contribution in [0.15, 0.2) is 54.6 Å². The van der Waals surface area contributed by atoms with Crippen molar-refractivity contribution >= 4 is 29.2 Å². The summed E-state index contributed by atoms with van der Waals surface area (Å²) in [5.74, 6) is -0.325. The van der Waals surface area contributed by atoms with Gasteiger partial charge in [0.1, 0.15) is 5.75 Å². The van der Waals surface area contributed by atoms with Crippen molar-refractivity contribution in [1.29, 1.82) is 0 Å². The number of hydrogen-bond donors (Lipinski definition) is 1. The lowest BCUT2D eigenvalue weighted by Crippen LogP contribution is -2.36. The van der Waals surface area contributed by atoms with E-state index in [2.05, 4.69) is 25.6 Å². The predicted molar refractivity (Wildman–Crippen MR) is 124 cm³/mol. The van der Waals surface area contributed by atoms with Crippen LogP contribution in [0, 0.1) is 5.92 Å². The van der Waals surface area contributed by atoms with Crippen molar-refractivity contribution in [2.24, 2.45) is 5.92 Å². The molecule has 2 aromatic carbocycles. The van der Waals surface area contributed by atoms with Gasteiger partial charge in [0.25, 0.3) is 0 Å². The Morgan fingerprint density at radius 2 is 1.87 bits per heavy atom. The molecule has 2 aromatic rings. The number of hydrogen-bond acceptors (Lipinski definition) is 3. The Morgan fingerprint density at radius 1 is 1.19 bits per heavy atom. The first kappa shape index (κ1) is 23.6. The van der Waals surface area contributed by atoms with Gasteiger partial charge < -0.3 is 14.6 Å². The summed E-state index contributed by atoms with van der Waals surface area (Å²) in [6.07, 6.45) is 2.42. The highest BCUT2D eigenvalue weighted by Crippen LogP contribution is 2.49. The maximum absolute atomic E-state index is 11.1. The third-order valence-corrected chi connectivity index (χ3v) is 6.26. The second-order valence-corrected chi connectivity index (χ2v) is 8.97. The van der Waals surface area contributed by atoms with Gasteiger partial charge in [-0.25, -0.2) is 4.79 Å². The second kappa shape index (κ2) is 10.5. The van der Waals surface area contributed by atoms with E-state index in [1.807, 2.05) is 25.1 Å². The van der Waals surface area contributed by atoms with Crippen LogP contribution in [0.2, 0.25) is 10.0 Å². The Labute approximate surface area is 193 Å². The van der Waals surface area contributed by atoms with Crippen LogP contribution in [-0.4, -0.2) is 23.8 Å². The van der Waals surface area contributed by atoms with Crippen molar-refractivity contribution < 1.29 is 19.4 Å². The fourth-order valence-corrected chi connectivity index (χ4v) is 4.61. The molecule has 1 fully saturated rings. The molecular formula is C25H28Cl2O4. The van der Waals surface area contributed by atoms with Gasteiger partial charge in [0.05, 0.1) is 12.2 Å². The van der Waals surface area contributed by atoms with E-state index in [1.54, 1.807) is 12.1 Å². The average molecular weight is 463 g/mol. The zero-order valence-electron chi connectivity index (χ0n) is 17.8. The van der Waals surface area contributed by atoms with Gasteiger partial charge in [0.15, 0.2) is 6.61 Å². The summed E-state index contributed by atoms with van der Waals surface area (Å²) >= 11 is 12.4. The zero-order valence-corrected chi connectivity index (χ0v) is 19.3. The molecule has 0 amide bonds. The maximum Gasteiger partial charge on any atom is 0.341 e. The molecule has 4 nitrogen and oxygen atoms in total. The quantitative estimate of drug-likeness (QED) is 0.426. The molecule has 0 saturated carbocycles. The minimum absolute atomic E-state index is 0.00178. The fourth-order valence-electron chi connectivity index (χ4n) is 4.30. The van der Waals surface area contributed by atoms with Crippen LogP contribution in [-0.2, 0) is 9.53 Å². The number of aliphatic carboxylic acids is 1. The summed E-state index contributed by atoms with van der Waals surface area (Å²) in [5.41, 5.74) is 2.96. The highest BCUT2D eigenvalue weighted by atomic mass is 35.5. The lowest BCUT2D eigenvalue weighted by atomic mass is 9.74. The highest BCUT2D eigenvalue weighted by Gasteiger charge is 2.40. The van der Waals surface area contributed by atoms with Gasteiger partial charge in [-0.1, -0.05) is 60.8 Å². The number of halogens is 2. The Morgan fingerprint density at radius 3 is 2.48 bits per heavy atom. The van der Waals surface area contributed by atoms with Crippen molar-refractivity contribution in [1.82, 2.24) is 0 Å². The number of carboxylic acids is 1. The fraction of sp³-hybridized carbons (Fsp3) is 0.400. The SMILES string of the molecule is C=C(C)[C@@H]1C[C@@H](c2ccc(Cl)cc2)[C@@H](CCC)O[C@H]1c1cc(Cl)ccc1OCC(=O)O. The highest BCUT2D eigenvalue weighted by molar-refractivity contribution is 6.30. The van der Waals surface area contributed by atoms with Gasteiger partial charge in [-0.15, -0.1) is 0 Å². The number of rotatable bonds is 8. The topological polar surface area (TPSA) is 55.8 Å². The monoisotopic (exact) mass is 462 g/mol. The first-order chi connectivity index (χ1) is 14.8. The van der Waals surface area contributed by atoms with Crippen LogP contribution in [0.4, 0.5) is 0 Å². The molecule has 0 unspecified atom stereocenters. The van der Waals surface area contributed by atoms with Crippen molar-refractivity contribution in [3.05, 3.63) is 75.8 Å². The summed E-state index contributed by atoms with van der Waals surface area (Å²) in [4.78, 5) is 11.1. The summed E-state index contributed by atoms with van der Waals surface area (Å²) in [6.45, 7) is 7.94. The lowest BCUT2D eigenvalue weighted by Gasteiger charge is -2.43. The molecule has 0 spiro atoms. The summed E-state index contributed by atoms with van der Waals surface area (Å²) < 4.78 is 12.3. The van der Waals surface area contributed by atoms with Crippen molar-refractivity contribution in [2.45, 2.75) is 51.2 Å². The van der Waals surface area contributed by atoms with Crippen molar-refractivity contribution in [2.75, 3.05) is 6.61 Å². The first-order valence-corrected chi connectivity index (χ1v) is 11.3. The Kier molecular flexibility index (Phi) is 8.04. The van der Waals surface area contributed by atoms with Gasteiger partial charge in [-0.2, -0.15) is 0 Å². The molecule has 1 aliphatic heterocycles. The van der Waals surface area contributed by atoms with Gasteiger partial charge in [-0.3, -0.25) is 0 Å². The number of benzene rings is 2. The van der Waals surface area contributed by atoms with E-state index in [1.165, 1.54) is 5.56 Å². The molecule has 31 heavy (non-hydrogen) atoms. The molecule has 0 aromatic heterocycles. The molecule has 1 heterocycles. The molecule has 1 saturated heterocycles. The van der Waals surface area contributed by atoms with E-state index in [9.17, 15) is 4.79 Å². The van der Waals surface area contributed by atoms with Crippen molar-refractivity contribution in [3.63, 3.8) is 0 Å². The van der Waals surface area contributed by atoms with E-state index in [4.69, 9.17) is 37.8 Å². The Hall–Kier alpha value is -2.01. The number of carbonyl (C=O) groups is 1. The number of ether oxygens (including phenoxy) is 2. The first-order valence-electron chi connectivity index (χ1n) is 10.5. The second-order valence-electron chi connectivity index (χ2n) is 8.09. The van der Waals surface area contributed by atoms with E-state index < -0.39 is 12.6 Å². The minimum Gasteiger partial charge on any atom is -0.482 e. The van der Waals surface area contributed by atoms with E-state index in [0.29, 0.717) is 15.8 Å². The van der Waals surface area contributed by atoms with Gasteiger partial charge in [0, 0.05) is 27.4 Å². The minimum atomic E-state index is -1.03. The van der Waals surface area contributed by atoms with Crippen LogP contribution < -0.4 is 4.74 Å². The van der Waals surface area contributed by atoms with Gasteiger partial charge in [0.2, 0.25) is 0 Å². The van der Waals surface area contributed by atoms with E-state index >= 15 is 0 Å². The molecule has 6 heteroatoms. The maximum atomic E-state index is 11.1. The molecule has 1 aliphatic rings. The third kappa shape index (κ3) is 5.82. The van der Waals surface area contributed by atoms with E-state index in [-0.39, 0.29) is 24.0 Å². The predicted octanol–water partition coefficient (Wildman–Crippen LogP) is 7.06. The van der Waals surface area contributed by atoms with Crippen LogP contribution in [0.25, 0.3) is 0 Å². The molecule has 1 N–H and O–H groups in total. The van der Waals surface area contributed by atoms with Crippen molar-refractivity contribution in [3.8, 4) is 5.75 Å². The van der Waals surface area contributed by atoms with Crippen LogP contribution in [0.3, 0.4) is 0 Å². The molecule has 3 rings (SSSR count). The molecule has 4 atom stereocenters. The molecule has 0 bridgehead atoms. The molecule has 166 valence electrons. The summed E-state index contributed by atoms with van der Waals surface area (Å²) in [7, 11) is 0. The van der Waals surface area contributed by atoms with Crippen LogP contribution >= 0.6 is 23.2 Å². The molecule has 0 aliphatic carbocycles. The summed E-state index contributed by atoms with van der Waals surface area (Å²) in [5, 5.41) is 10.3. The van der Waals surface area contributed by atoms with Crippen LogP contribution in [0.1, 0.15) is 56.3 Å². The third-order valence-electron chi connectivity index (χ3n) is 5.78. The Bertz CT molecular complexity index is 926. The standard InChI is InChI=1S/C25H28Cl2O4/c1-4-5-23-20(16-6-8-17(26)9-7-16)13-19(15(2)3)25(31-23)21-12-18(27)10-11-22(21)30-14-24(28)29/h6-12,19-20,23,25H,2,4-5,13-14H2,1,3H3,(H,28,29)/t19-,20-,23+,25+/m0/s1. The molecule has 0 radical (unpaired) electrons.